The number of hydrogen-bond acceptors (Lipinski definition) is 14. The fraction of sp³-hybridized carbons (Fsp3) is 0.957. The molecule has 2 rings (SSSR count). The summed E-state index contributed by atoms with van der Waals surface area (Å²) in [5, 5.41) is 72.6. The van der Waals surface area contributed by atoms with Crippen molar-refractivity contribution in [3.63, 3.8) is 0 Å². The molecule has 7 N–H and O–H groups in total. The second-order valence-corrected chi connectivity index (χ2v) is 25.1. The number of rotatable bonds is 60. The third-order valence-electron chi connectivity index (χ3n) is 17.3. The van der Waals surface area contributed by atoms with E-state index in [1.54, 1.807) is 0 Å². The molecule has 0 amide bonds. The molecular weight excluding hydrogens is 1050 g/mol. The number of carbonyl (C=O) groups is 1. The van der Waals surface area contributed by atoms with Gasteiger partial charge < -0.3 is 64.2 Å². The lowest BCUT2D eigenvalue weighted by Crippen LogP contribution is -2.61. The highest BCUT2D eigenvalue weighted by atomic mass is 16.7. The Morgan fingerprint density at radius 1 is 0.386 bits per heavy atom. The number of ether oxygens (including phenoxy) is 6. The normalized spacial score (nSPS) is 23.4. The highest BCUT2D eigenvalue weighted by molar-refractivity contribution is 5.69. The maximum Gasteiger partial charge on any atom is 0.306 e. The Morgan fingerprint density at radius 2 is 0.711 bits per heavy atom. The van der Waals surface area contributed by atoms with E-state index in [9.17, 15) is 40.5 Å². The Labute approximate surface area is 507 Å². The van der Waals surface area contributed by atoms with Crippen molar-refractivity contribution in [2.75, 3.05) is 33.0 Å². The van der Waals surface area contributed by atoms with Gasteiger partial charge in [-0.15, -0.1) is 0 Å². The van der Waals surface area contributed by atoms with Crippen molar-refractivity contribution < 1.29 is 69.0 Å². The quantitative estimate of drug-likeness (QED) is 0.0171. The molecule has 11 atom stereocenters. The van der Waals surface area contributed by atoms with E-state index in [4.69, 9.17) is 28.4 Å². The summed E-state index contributed by atoms with van der Waals surface area (Å²) in [7, 11) is 0. The molecule has 2 saturated heterocycles. The van der Waals surface area contributed by atoms with Gasteiger partial charge in [-0.2, -0.15) is 0 Å². The largest absolute Gasteiger partial charge is 0.457 e. The number of aliphatic hydroxyl groups is 7. The van der Waals surface area contributed by atoms with Crippen molar-refractivity contribution in [3.8, 4) is 0 Å². The zero-order chi connectivity index (χ0) is 60.1. The topological polar surface area (TPSA) is 214 Å². The molecule has 0 saturated carbocycles. The number of esters is 1. The van der Waals surface area contributed by atoms with E-state index in [1.807, 2.05) is 0 Å². The molecule has 11 unspecified atom stereocenters. The minimum Gasteiger partial charge on any atom is -0.457 e. The van der Waals surface area contributed by atoms with Crippen molar-refractivity contribution in [1.82, 2.24) is 0 Å². The van der Waals surface area contributed by atoms with E-state index in [2.05, 4.69) is 26.0 Å². The molecule has 492 valence electrons. The first-order valence-corrected chi connectivity index (χ1v) is 35.3. The Morgan fingerprint density at radius 3 is 1.10 bits per heavy atom. The van der Waals surface area contributed by atoms with Gasteiger partial charge in [0, 0.05) is 13.0 Å². The van der Waals surface area contributed by atoms with Crippen LogP contribution in [0, 0.1) is 0 Å². The van der Waals surface area contributed by atoms with Crippen LogP contribution in [-0.2, 0) is 33.2 Å². The van der Waals surface area contributed by atoms with Gasteiger partial charge >= 0.3 is 5.97 Å². The fourth-order valence-corrected chi connectivity index (χ4v) is 11.6. The van der Waals surface area contributed by atoms with Gasteiger partial charge in [-0.1, -0.05) is 289 Å². The first-order valence-electron chi connectivity index (χ1n) is 35.3. The summed E-state index contributed by atoms with van der Waals surface area (Å²) in [4.78, 5) is 13.2. The van der Waals surface area contributed by atoms with Crippen molar-refractivity contribution in [3.05, 3.63) is 12.2 Å². The first-order chi connectivity index (χ1) is 40.6. The lowest BCUT2D eigenvalue weighted by molar-refractivity contribution is -0.332. The van der Waals surface area contributed by atoms with Gasteiger partial charge in [0.05, 0.1) is 26.4 Å². The first kappa shape index (κ1) is 77.8. The van der Waals surface area contributed by atoms with Crippen LogP contribution in [-0.4, -0.2) is 142 Å². The van der Waals surface area contributed by atoms with Gasteiger partial charge in [0.25, 0.3) is 0 Å². The summed E-state index contributed by atoms with van der Waals surface area (Å²) in [6.45, 7) is 3.78. The second-order valence-electron chi connectivity index (χ2n) is 25.1. The van der Waals surface area contributed by atoms with Crippen LogP contribution < -0.4 is 0 Å². The zero-order valence-corrected chi connectivity index (χ0v) is 53.5. The van der Waals surface area contributed by atoms with E-state index in [0.717, 1.165) is 38.5 Å². The van der Waals surface area contributed by atoms with E-state index in [0.29, 0.717) is 13.0 Å². The number of hydrogen-bond donors (Lipinski definition) is 7. The molecule has 14 nitrogen and oxygen atoms in total. The maximum atomic E-state index is 13.2. The highest BCUT2D eigenvalue weighted by Gasteiger charge is 2.47. The molecule has 0 radical (unpaired) electrons. The third-order valence-corrected chi connectivity index (χ3v) is 17.3. The minimum atomic E-state index is -1.70. The van der Waals surface area contributed by atoms with Crippen LogP contribution in [0.1, 0.15) is 322 Å². The van der Waals surface area contributed by atoms with Crippen LogP contribution in [0.3, 0.4) is 0 Å². The molecule has 2 fully saturated rings. The molecule has 0 spiro atoms. The van der Waals surface area contributed by atoms with E-state index < -0.39 is 80.7 Å². The summed E-state index contributed by atoms with van der Waals surface area (Å²) in [6, 6.07) is 0. The van der Waals surface area contributed by atoms with Gasteiger partial charge in [-0.25, -0.2) is 0 Å². The highest BCUT2D eigenvalue weighted by Crippen LogP contribution is 2.27. The average Bonchev–Trinajstić information content (AvgIpc) is 3.67. The van der Waals surface area contributed by atoms with Gasteiger partial charge in [-0.05, 0) is 38.5 Å². The summed E-state index contributed by atoms with van der Waals surface area (Å²) in [5.41, 5.74) is 0. The molecule has 0 aliphatic carbocycles. The molecule has 83 heavy (non-hydrogen) atoms. The Balaban J connectivity index is 1.63. The molecule has 0 aromatic rings. The zero-order valence-electron chi connectivity index (χ0n) is 53.5. The molecule has 0 bridgehead atoms. The van der Waals surface area contributed by atoms with Crippen molar-refractivity contribution in [2.24, 2.45) is 0 Å². The molecular formula is C69H132O14. The fourth-order valence-electron chi connectivity index (χ4n) is 11.6. The van der Waals surface area contributed by atoms with Gasteiger partial charge in [0.15, 0.2) is 12.6 Å². The molecule has 0 aromatic heterocycles. The van der Waals surface area contributed by atoms with E-state index in [-0.39, 0.29) is 25.6 Å². The molecule has 2 aliphatic rings. The monoisotopic (exact) mass is 1180 g/mol. The average molecular weight is 1190 g/mol. The number of aliphatic hydroxyl groups excluding tert-OH is 7. The van der Waals surface area contributed by atoms with Crippen molar-refractivity contribution in [1.29, 1.82) is 0 Å². The van der Waals surface area contributed by atoms with Gasteiger partial charge in [-0.3, -0.25) is 4.79 Å². The summed E-state index contributed by atoms with van der Waals surface area (Å²) < 4.78 is 34.6. The Kier molecular flexibility index (Phi) is 52.5. The smallest absolute Gasteiger partial charge is 0.306 e. The van der Waals surface area contributed by atoms with Crippen molar-refractivity contribution >= 4 is 5.97 Å². The van der Waals surface area contributed by atoms with Gasteiger partial charge in [0.2, 0.25) is 0 Å². The van der Waals surface area contributed by atoms with Crippen LogP contribution in [0.2, 0.25) is 0 Å². The van der Waals surface area contributed by atoms with E-state index >= 15 is 0 Å². The number of carbonyl (C=O) groups excluding carboxylic acids is 1. The lowest BCUT2D eigenvalue weighted by Gasteiger charge is -2.42. The van der Waals surface area contributed by atoms with Crippen LogP contribution >= 0.6 is 0 Å². The van der Waals surface area contributed by atoms with Crippen LogP contribution in [0.5, 0.6) is 0 Å². The predicted octanol–water partition coefficient (Wildman–Crippen LogP) is 14.9. The summed E-state index contributed by atoms with van der Waals surface area (Å²) in [5.74, 6) is -0.367. The Bertz CT molecular complexity index is 1420. The SMILES string of the molecule is CCCCCCCCCC/C=C\CCCCCCCCCCCCCCCC(=O)OC(COCCCCCCCCCCCCCCCCCCCCCCCCCC)COC1OC(COC2OC(CO)C(O)C(O)C2O)C(O)C(O)C1O. The van der Waals surface area contributed by atoms with Crippen LogP contribution in [0.25, 0.3) is 0 Å². The third kappa shape index (κ3) is 41.6. The second kappa shape index (κ2) is 56.0. The number of allylic oxidation sites excluding steroid dienone is 2. The summed E-state index contributed by atoms with van der Waals surface area (Å²) in [6.07, 6.45) is 50.1. The predicted molar refractivity (Wildman–Crippen MR) is 335 cm³/mol. The molecule has 14 heteroatoms. The van der Waals surface area contributed by atoms with E-state index in [1.165, 1.54) is 257 Å². The van der Waals surface area contributed by atoms with Crippen molar-refractivity contribution in [2.45, 2.75) is 390 Å². The maximum absolute atomic E-state index is 13.2. The van der Waals surface area contributed by atoms with Crippen LogP contribution in [0.15, 0.2) is 12.2 Å². The molecule has 2 heterocycles. The molecule has 0 aromatic carbocycles. The molecule has 2 aliphatic heterocycles. The standard InChI is InChI=1S/C69H132O14/c1-3-5-7-9-11-13-15-17-19-21-23-25-27-29-30-32-34-36-38-40-42-44-46-48-50-52-61(71)81-58(56-79-68-67(77)65(75)63(73)60(83-68)57-80-69-66(76)64(74)62(72)59(54-70)82-69)55-78-53-51-49-47-45-43-41-39-37-35-33-31-28-26-24-22-20-18-16-14-12-10-8-6-4-2/h21,23,58-60,62-70,72-77H,3-20,22,24-57H2,1-2H3/b23-21-. The lowest BCUT2D eigenvalue weighted by atomic mass is 9.98. The van der Waals surface area contributed by atoms with Crippen LogP contribution in [0.4, 0.5) is 0 Å². The number of unbranched alkanes of at least 4 members (excludes halogenated alkanes) is 44. The minimum absolute atomic E-state index is 0.0693. The Hall–Kier alpha value is -1.27. The summed E-state index contributed by atoms with van der Waals surface area (Å²) >= 11 is 0. The van der Waals surface area contributed by atoms with Gasteiger partial charge in [0.1, 0.15) is 54.9 Å².